The van der Waals surface area contributed by atoms with E-state index in [0.717, 1.165) is 17.2 Å². The van der Waals surface area contributed by atoms with E-state index in [4.69, 9.17) is 5.84 Å². The lowest BCUT2D eigenvalue weighted by Crippen LogP contribution is -2.36. The quantitative estimate of drug-likeness (QED) is 0.252. The summed E-state index contributed by atoms with van der Waals surface area (Å²) in [5.41, 5.74) is 5.32. The van der Waals surface area contributed by atoms with Crippen LogP contribution in [0.25, 0.3) is 5.69 Å². The number of anilines is 1. The van der Waals surface area contributed by atoms with E-state index >= 15 is 0 Å². The molecule has 0 aliphatic heterocycles. The normalized spacial score (nSPS) is 11.8. The summed E-state index contributed by atoms with van der Waals surface area (Å²) in [5, 5.41) is 12.2. The molecule has 3 aromatic rings. The zero-order valence-electron chi connectivity index (χ0n) is 15.2. The molecule has 0 radical (unpaired) electrons. The summed E-state index contributed by atoms with van der Waals surface area (Å²) in [6.45, 7) is 4.34. The van der Waals surface area contributed by atoms with Crippen LogP contribution in [0, 0.1) is 6.92 Å². The van der Waals surface area contributed by atoms with Crippen molar-refractivity contribution >= 4 is 23.4 Å². The van der Waals surface area contributed by atoms with E-state index < -0.39 is 0 Å². The van der Waals surface area contributed by atoms with Crippen molar-refractivity contribution in [3.63, 3.8) is 0 Å². The third-order valence-electron chi connectivity index (χ3n) is 4.01. The van der Waals surface area contributed by atoms with E-state index in [1.54, 1.807) is 6.92 Å². The number of benzene rings is 2. The fraction of sp³-hybridized carbons (Fsp3) is 0.211. The molecule has 3 rings (SSSR count). The molecule has 0 aliphatic carbocycles. The van der Waals surface area contributed by atoms with Gasteiger partial charge in [-0.15, -0.1) is 10.2 Å². The average molecular weight is 382 g/mol. The summed E-state index contributed by atoms with van der Waals surface area (Å²) in [6.07, 6.45) is 0. The number of nitrogens with two attached hydrogens (primary N) is 1. The number of hydrogen-bond donors (Lipinski definition) is 3. The first-order valence-electron chi connectivity index (χ1n) is 8.56. The summed E-state index contributed by atoms with van der Waals surface area (Å²) in [4.78, 5) is 11.8. The third kappa shape index (κ3) is 4.66. The number of carbonyl (C=O) groups excluding carboxylic acids is 1. The van der Waals surface area contributed by atoms with Crippen LogP contribution in [0.15, 0.2) is 59.8 Å². The van der Waals surface area contributed by atoms with Crippen LogP contribution < -0.4 is 16.6 Å². The molecular weight excluding hydrogens is 360 g/mol. The fourth-order valence-electron chi connectivity index (χ4n) is 2.51. The van der Waals surface area contributed by atoms with Gasteiger partial charge in [-0.05, 0) is 38.1 Å². The monoisotopic (exact) mass is 382 g/mol. The highest BCUT2D eigenvalue weighted by Gasteiger charge is 2.20. The van der Waals surface area contributed by atoms with Gasteiger partial charge in [0.15, 0.2) is 11.0 Å². The summed E-state index contributed by atoms with van der Waals surface area (Å²) in [7, 11) is 0. The maximum atomic E-state index is 11.8. The number of nitrogens with one attached hydrogen (secondary N) is 2. The molecule has 0 bridgehead atoms. The van der Waals surface area contributed by atoms with Gasteiger partial charge < -0.3 is 5.32 Å². The maximum absolute atomic E-state index is 11.8. The lowest BCUT2D eigenvalue weighted by atomic mass is 10.2. The Kier molecular flexibility index (Phi) is 6.10. The Bertz CT molecular complexity index is 894. The van der Waals surface area contributed by atoms with Crippen LogP contribution in [0.5, 0.6) is 0 Å². The van der Waals surface area contributed by atoms with Crippen molar-refractivity contribution in [2.45, 2.75) is 30.8 Å². The third-order valence-corrected chi connectivity index (χ3v) is 5.05. The highest BCUT2D eigenvalue weighted by Crippen LogP contribution is 2.26. The zero-order valence-corrected chi connectivity index (χ0v) is 16.0. The van der Waals surface area contributed by atoms with Gasteiger partial charge in [0.25, 0.3) is 0 Å². The SMILES string of the molecule is Cc1ccc(NCc2nnc(S[C@@H](C)C(=O)NN)n2-c2ccccc2)cc1. The number of aromatic nitrogens is 3. The Morgan fingerprint density at radius 3 is 2.52 bits per heavy atom. The van der Waals surface area contributed by atoms with Gasteiger partial charge in [0.1, 0.15) is 0 Å². The smallest absolute Gasteiger partial charge is 0.247 e. The number of amides is 1. The van der Waals surface area contributed by atoms with Gasteiger partial charge >= 0.3 is 0 Å². The fourth-order valence-corrected chi connectivity index (χ4v) is 3.40. The van der Waals surface area contributed by atoms with Crippen molar-refractivity contribution in [3.05, 3.63) is 66.0 Å². The first-order chi connectivity index (χ1) is 13.1. The van der Waals surface area contributed by atoms with Crippen molar-refractivity contribution in [2.75, 3.05) is 5.32 Å². The molecule has 7 nitrogen and oxygen atoms in total. The van der Waals surface area contributed by atoms with E-state index in [1.807, 2.05) is 47.0 Å². The van der Waals surface area contributed by atoms with Gasteiger partial charge in [0.2, 0.25) is 5.91 Å². The van der Waals surface area contributed by atoms with E-state index in [9.17, 15) is 4.79 Å². The number of aryl methyl sites for hydroxylation is 1. The Hall–Kier alpha value is -2.84. The van der Waals surface area contributed by atoms with Crippen LogP contribution in [0.1, 0.15) is 18.3 Å². The number of para-hydroxylation sites is 1. The number of hydrogen-bond acceptors (Lipinski definition) is 6. The maximum Gasteiger partial charge on any atom is 0.247 e. The molecule has 0 saturated heterocycles. The Balaban J connectivity index is 1.87. The molecule has 1 aromatic heterocycles. The van der Waals surface area contributed by atoms with Gasteiger partial charge in [0.05, 0.1) is 11.8 Å². The Labute approximate surface area is 162 Å². The number of rotatable bonds is 7. The molecule has 0 aliphatic rings. The van der Waals surface area contributed by atoms with Crippen LogP contribution in [-0.4, -0.2) is 25.9 Å². The number of hydrazine groups is 1. The number of thioether (sulfide) groups is 1. The van der Waals surface area contributed by atoms with Gasteiger partial charge in [-0.1, -0.05) is 47.7 Å². The van der Waals surface area contributed by atoms with E-state index in [-0.39, 0.29) is 11.2 Å². The topological polar surface area (TPSA) is 97.9 Å². The molecule has 140 valence electrons. The van der Waals surface area contributed by atoms with Gasteiger partial charge in [0, 0.05) is 11.4 Å². The van der Waals surface area contributed by atoms with E-state index in [0.29, 0.717) is 11.7 Å². The highest BCUT2D eigenvalue weighted by atomic mass is 32.2. The van der Waals surface area contributed by atoms with Crippen LogP contribution >= 0.6 is 11.8 Å². The molecule has 1 heterocycles. The van der Waals surface area contributed by atoms with Crippen molar-refractivity contribution in [2.24, 2.45) is 5.84 Å². The standard InChI is InChI=1S/C19H22N6OS/c1-13-8-10-15(11-9-13)21-12-17-23-24-19(27-14(2)18(26)22-20)25(17)16-6-4-3-5-7-16/h3-11,14,21H,12,20H2,1-2H3,(H,22,26)/t14-/m0/s1. The van der Waals surface area contributed by atoms with E-state index in [1.165, 1.54) is 17.3 Å². The predicted octanol–water partition coefficient (Wildman–Crippen LogP) is 2.66. The van der Waals surface area contributed by atoms with Crippen molar-refractivity contribution in [1.82, 2.24) is 20.2 Å². The first-order valence-corrected chi connectivity index (χ1v) is 9.44. The molecule has 27 heavy (non-hydrogen) atoms. The minimum atomic E-state index is -0.389. The van der Waals surface area contributed by atoms with Crippen LogP contribution in [0.3, 0.4) is 0 Å². The van der Waals surface area contributed by atoms with Crippen LogP contribution in [0.2, 0.25) is 0 Å². The predicted molar refractivity (Wildman–Crippen MR) is 108 cm³/mol. The molecule has 2 aromatic carbocycles. The molecule has 0 unspecified atom stereocenters. The van der Waals surface area contributed by atoms with Gasteiger partial charge in [-0.2, -0.15) is 0 Å². The molecule has 0 spiro atoms. The number of nitrogens with zero attached hydrogens (tertiary/aromatic N) is 3. The largest absolute Gasteiger partial charge is 0.378 e. The molecule has 4 N–H and O–H groups in total. The van der Waals surface area contributed by atoms with Crippen molar-refractivity contribution < 1.29 is 4.79 Å². The highest BCUT2D eigenvalue weighted by molar-refractivity contribution is 8.00. The second-order valence-corrected chi connectivity index (χ2v) is 7.37. The lowest BCUT2D eigenvalue weighted by Gasteiger charge is -2.13. The van der Waals surface area contributed by atoms with Gasteiger partial charge in [-0.3, -0.25) is 14.8 Å². The Morgan fingerprint density at radius 1 is 1.15 bits per heavy atom. The summed E-state index contributed by atoms with van der Waals surface area (Å²) < 4.78 is 1.95. The molecule has 0 fully saturated rings. The molecule has 1 atom stereocenters. The van der Waals surface area contributed by atoms with Crippen molar-refractivity contribution in [1.29, 1.82) is 0 Å². The summed E-state index contributed by atoms with van der Waals surface area (Å²) >= 11 is 1.31. The number of carbonyl (C=O) groups is 1. The lowest BCUT2D eigenvalue weighted by molar-refractivity contribution is -0.120. The second-order valence-electron chi connectivity index (χ2n) is 6.06. The Morgan fingerprint density at radius 2 is 1.85 bits per heavy atom. The van der Waals surface area contributed by atoms with E-state index in [2.05, 4.69) is 40.0 Å². The molecule has 1 amide bonds. The second kappa shape index (κ2) is 8.70. The van der Waals surface area contributed by atoms with Gasteiger partial charge in [-0.25, -0.2) is 5.84 Å². The van der Waals surface area contributed by atoms with Crippen LogP contribution in [-0.2, 0) is 11.3 Å². The molecule has 8 heteroatoms. The summed E-state index contributed by atoms with van der Waals surface area (Å²) in [6, 6.07) is 18.0. The van der Waals surface area contributed by atoms with Crippen molar-refractivity contribution in [3.8, 4) is 5.69 Å². The minimum absolute atomic E-state index is 0.262. The zero-order chi connectivity index (χ0) is 19.2. The minimum Gasteiger partial charge on any atom is -0.378 e. The molecule has 0 saturated carbocycles. The first kappa shape index (κ1) is 18.9. The molecular formula is C19H22N6OS. The summed E-state index contributed by atoms with van der Waals surface area (Å²) in [5.74, 6) is 5.73. The van der Waals surface area contributed by atoms with Crippen LogP contribution in [0.4, 0.5) is 5.69 Å². The average Bonchev–Trinajstić information content (AvgIpc) is 3.09.